The molecule has 2 aliphatic rings. The van der Waals surface area contributed by atoms with Crippen molar-refractivity contribution in [2.45, 2.75) is 37.7 Å². The molecule has 1 aliphatic heterocycles. The fraction of sp³-hybridized carbons (Fsp3) is 0.471. The van der Waals surface area contributed by atoms with Crippen molar-refractivity contribution < 1.29 is 13.9 Å². The van der Waals surface area contributed by atoms with E-state index in [0.717, 1.165) is 31.4 Å². The predicted octanol–water partition coefficient (Wildman–Crippen LogP) is 3.28. The first-order valence-electron chi connectivity index (χ1n) is 8.24. The fourth-order valence-electron chi connectivity index (χ4n) is 2.83. The van der Waals surface area contributed by atoms with Crippen LogP contribution in [-0.2, 0) is 0 Å². The van der Waals surface area contributed by atoms with Gasteiger partial charge >= 0.3 is 11.8 Å². The van der Waals surface area contributed by atoms with E-state index in [4.69, 9.17) is 20.8 Å². The van der Waals surface area contributed by atoms with Crippen LogP contribution in [0, 0.1) is 0 Å². The van der Waals surface area contributed by atoms with E-state index >= 15 is 0 Å². The number of hydrogen-bond donors (Lipinski definition) is 0. The van der Waals surface area contributed by atoms with Crippen LogP contribution < -0.4 is 4.74 Å². The number of aromatic nitrogens is 2. The van der Waals surface area contributed by atoms with Gasteiger partial charge in [-0.2, -0.15) is 0 Å². The molecule has 2 aromatic rings. The van der Waals surface area contributed by atoms with Gasteiger partial charge in [-0.05, 0) is 37.1 Å². The summed E-state index contributed by atoms with van der Waals surface area (Å²) in [6, 6.07) is 7.33. The second kappa shape index (κ2) is 6.43. The zero-order chi connectivity index (χ0) is 16.5. The SMILES string of the molecule is O=C(c1nnc(C2CC2)o1)N1CCC(Oc2ccc(Cl)cc2)CC1. The molecular formula is C17H18ClN3O3. The summed E-state index contributed by atoms with van der Waals surface area (Å²) in [4.78, 5) is 14.2. The molecule has 4 rings (SSSR count). The molecule has 6 nitrogen and oxygen atoms in total. The highest BCUT2D eigenvalue weighted by atomic mass is 35.5. The number of likely N-dealkylation sites (tertiary alicyclic amines) is 1. The summed E-state index contributed by atoms with van der Waals surface area (Å²) in [5, 5.41) is 8.56. The standard InChI is InChI=1S/C17H18ClN3O3/c18-12-3-5-13(6-4-12)23-14-7-9-21(10-8-14)17(22)16-20-19-15(24-16)11-1-2-11/h3-6,11,14H,1-2,7-10H2. The Balaban J connectivity index is 1.31. The van der Waals surface area contributed by atoms with Crippen LogP contribution in [0.1, 0.15) is 48.2 Å². The zero-order valence-electron chi connectivity index (χ0n) is 13.2. The molecule has 2 heterocycles. The predicted molar refractivity (Wildman–Crippen MR) is 87.3 cm³/mol. The Bertz CT molecular complexity index is 719. The molecule has 1 saturated carbocycles. The molecule has 0 radical (unpaired) electrons. The van der Waals surface area contributed by atoms with Crippen LogP contribution in [0.3, 0.4) is 0 Å². The highest BCUT2D eigenvalue weighted by Gasteiger charge is 2.32. The van der Waals surface area contributed by atoms with Gasteiger partial charge in [-0.25, -0.2) is 0 Å². The van der Waals surface area contributed by atoms with Crippen molar-refractivity contribution in [3.63, 3.8) is 0 Å². The maximum atomic E-state index is 12.4. The lowest BCUT2D eigenvalue weighted by Gasteiger charge is -2.31. The molecule has 1 aromatic carbocycles. The number of halogens is 1. The van der Waals surface area contributed by atoms with Gasteiger partial charge < -0.3 is 14.1 Å². The number of ether oxygens (including phenoxy) is 1. The van der Waals surface area contributed by atoms with Gasteiger partial charge in [-0.1, -0.05) is 11.6 Å². The van der Waals surface area contributed by atoms with Crippen molar-refractivity contribution in [1.82, 2.24) is 15.1 Å². The Morgan fingerprint density at radius 2 is 1.83 bits per heavy atom. The van der Waals surface area contributed by atoms with Crippen LogP contribution >= 0.6 is 11.6 Å². The number of amides is 1. The Morgan fingerprint density at radius 1 is 1.12 bits per heavy atom. The lowest BCUT2D eigenvalue weighted by Crippen LogP contribution is -2.41. The van der Waals surface area contributed by atoms with Crippen LogP contribution in [0.4, 0.5) is 0 Å². The van der Waals surface area contributed by atoms with Crippen LogP contribution in [0.25, 0.3) is 0 Å². The van der Waals surface area contributed by atoms with Crippen molar-refractivity contribution in [3.05, 3.63) is 41.1 Å². The van der Waals surface area contributed by atoms with E-state index in [-0.39, 0.29) is 17.9 Å². The van der Waals surface area contributed by atoms with Crippen molar-refractivity contribution in [1.29, 1.82) is 0 Å². The van der Waals surface area contributed by atoms with Crippen LogP contribution in [0.15, 0.2) is 28.7 Å². The van der Waals surface area contributed by atoms with Crippen molar-refractivity contribution in [2.75, 3.05) is 13.1 Å². The molecule has 1 aliphatic carbocycles. The Hall–Kier alpha value is -2.08. The van der Waals surface area contributed by atoms with Crippen molar-refractivity contribution in [3.8, 4) is 5.75 Å². The molecule has 0 unspecified atom stereocenters. The average molecular weight is 348 g/mol. The van der Waals surface area contributed by atoms with Gasteiger partial charge in [-0.3, -0.25) is 4.79 Å². The third-order valence-corrected chi connectivity index (χ3v) is 4.65. The molecule has 0 spiro atoms. The third kappa shape index (κ3) is 3.38. The summed E-state index contributed by atoms with van der Waals surface area (Å²) in [6.07, 6.45) is 3.79. The molecule has 126 valence electrons. The van der Waals surface area contributed by atoms with Gasteiger partial charge in [0.15, 0.2) is 0 Å². The van der Waals surface area contributed by atoms with Crippen LogP contribution in [-0.4, -0.2) is 40.2 Å². The van der Waals surface area contributed by atoms with Gasteiger partial charge in [0.25, 0.3) is 0 Å². The quantitative estimate of drug-likeness (QED) is 0.849. The summed E-state index contributed by atoms with van der Waals surface area (Å²) in [7, 11) is 0. The molecule has 1 saturated heterocycles. The Labute approximate surface area is 144 Å². The molecule has 1 aromatic heterocycles. The van der Waals surface area contributed by atoms with E-state index in [1.165, 1.54) is 0 Å². The second-order valence-corrected chi connectivity index (χ2v) is 6.72. The van der Waals surface area contributed by atoms with E-state index in [1.807, 2.05) is 24.3 Å². The smallest absolute Gasteiger partial charge is 0.311 e. The van der Waals surface area contributed by atoms with E-state index in [1.54, 1.807) is 4.90 Å². The minimum Gasteiger partial charge on any atom is -0.490 e. The maximum absolute atomic E-state index is 12.4. The first-order valence-corrected chi connectivity index (χ1v) is 8.62. The van der Waals surface area contributed by atoms with E-state index in [2.05, 4.69) is 10.2 Å². The first kappa shape index (κ1) is 15.4. The number of carbonyl (C=O) groups is 1. The first-order chi connectivity index (χ1) is 11.7. The van der Waals surface area contributed by atoms with Gasteiger partial charge in [0, 0.05) is 36.9 Å². The topological polar surface area (TPSA) is 68.5 Å². The highest BCUT2D eigenvalue weighted by Crippen LogP contribution is 2.39. The highest BCUT2D eigenvalue weighted by molar-refractivity contribution is 6.30. The summed E-state index contributed by atoms with van der Waals surface area (Å²) >= 11 is 5.87. The molecule has 2 fully saturated rings. The normalized spacial score (nSPS) is 18.6. The molecular weight excluding hydrogens is 330 g/mol. The summed E-state index contributed by atoms with van der Waals surface area (Å²) in [5.74, 6) is 1.68. The van der Waals surface area contributed by atoms with Crippen molar-refractivity contribution >= 4 is 17.5 Å². The third-order valence-electron chi connectivity index (χ3n) is 4.40. The number of hydrogen-bond acceptors (Lipinski definition) is 5. The number of carbonyl (C=O) groups excluding carboxylic acids is 1. The number of piperidine rings is 1. The van der Waals surface area contributed by atoms with E-state index < -0.39 is 0 Å². The minimum absolute atomic E-state index is 0.0972. The van der Waals surface area contributed by atoms with Gasteiger partial charge in [0.2, 0.25) is 5.89 Å². The number of rotatable bonds is 4. The monoisotopic (exact) mass is 347 g/mol. The van der Waals surface area contributed by atoms with Crippen LogP contribution in [0.2, 0.25) is 5.02 Å². The number of benzene rings is 1. The average Bonchev–Trinajstić information content (AvgIpc) is 3.34. The lowest BCUT2D eigenvalue weighted by atomic mass is 10.1. The molecule has 0 N–H and O–H groups in total. The van der Waals surface area contributed by atoms with Crippen molar-refractivity contribution in [2.24, 2.45) is 0 Å². The molecule has 0 bridgehead atoms. The molecule has 7 heteroatoms. The van der Waals surface area contributed by atoms with Gasteiger partial charge in [0.05, 0.1) is 0 Å². The van der Waals surface area contributed by atoms with Crippen LogP contribution in [0.5, 0.6) is 5.75 Å². The zero-order valence-corrected chi connectivity index (χ0v) is 13.9. The Morgan fingerprint density at radius 3 is 2.50 bits per heavy atom. The molecule has 24 heavy (non-hydrogen) atoms. The van der Waals surface area contributed by atoms with E-state index in [9.17, 15) is 4.79 Å². The lowest BCUT2D eigenvalue weighted by molar-refractivity contribution is 0.0557. The summed E-state index contributed by atoms with van der Waals surface area (Å²) in [5.41, 5.74) is 0. The summed E-state index contributed by atoms with van der Waals surface area (Å²) < 4.78 is 11.4. The Kier molecular flexibility index (Phi) is 4.14. The molecule has 1 amide bonds. The number of nitrogens with zero attached hydrogens (tertiary/aromatic N) is 3. The largest absolute Gasteiger partial charge is 0.490 e. The van der Waals surface area contributed by atoms with Gasteiger partial charge in [-0.15, -0.1) is 10.2 Å². The maximum Gasteiger partial charge on any atom is 0.311 e. The second-order valence-electron chi connectivity index (χ2n) is 6.28. The molecule has 0 atom stereocenters. The van der Waals surface area contributed by atoms with E-state index in [0.29, 0.717) is 29.9 Å². The van der Waals surface area contributed by atoms with Gasteiger partial charge in [0.1, 0.15) is 11.9 Å². The fourth-order valence-corrected chi connectivity index (χ4v) is 2.96. The minimum atomic E-state index is -0.181. The summed E-state index contributed by atoms with van der Waals surface area (Å²) in [6.45, 7) is 1.25.